The number of anilines is 1. The maximum absolute atomic E-state index is 12.3. The first-order valence-corrected chi connectivity index (χ1v) is 12.5. The van der Waals surface area contributed by atoms with Crippen molar-refractivity contribution in [2.75, 3.05) is 24.5 Å². The molecule has 5 rings (SSSR count). The maximum Gasteiger partial charge on any atom is 0.328 e. The van der Waals surface area contributed by atoms with E-state index in [1.54, 1.807) is 15.6 Å². The highest BCUT2D eigenvalue weighted by Gasteiger charge is 2.30. The summed E-state index contributed by atoms with van der Waals surface area (Å²) in [7, 11) is 0. The van der Waals surface area contributed by atoms with Gasteiger partial charge in [0.05, 0.1) is 23.5 Å². The number of fused-ring (bicyclic) bond motifs is 1. The van der Waals surface area contributed by atoms with Crippen LogP contribution < -0.4 is 10.2 Å². The van der Waals surface area contributed by atoms with Gasteiger partial charge in [0, 0.05) is 31.7 Å². The number of nitrogens with zero attached hydrogens (tertiary/aromatic N) is 4. The van der Waals surface area contributed by atoms with E-state index in [1.165, 1.54) is 24.9 Å². The molecule has 0 bridgehead atoms. The topological polar surface area (TPSA) is 90.2 Å². The van der Waals surface area contributed by atoms with Gasteiger partial charge in [-0.25, -0.2) is 9.31 Å². The second-order valence-corrected chi connectivity index (χ2v) is 10.3. The van der Waals surface area contributed by atoms with E-state index >= 15 is 0 Å². The predicted molar refractivity (Wildman–Crippen MR) is 126 cm³/mol. The number of likely N-dealkylation sites (tertiary alicyclic amines) is 1. The normalized spacial score (nSPS) is 29.5. The third-order valence-electron chi connectivity index (χ3n) is 7.87. The Balaban J connectivity index is 1.22. The fourth-order valence-electron chi connectivity index (χ4n) is 5.91. The van der Waals surface area contributed by atoms with E-state index in [1.807, 2.05) is 6.20 Å². The molecule has 8 nitrogen and oxygen atoms in total. The predicted octanol–water partition coefficient (Wildman–Crippen LogP) is 2.97. The number of imide groups is 1. The third-order valence-corrected chi connectivity index (χ3v) is 7.87. The van der Waals surface area contributed by atoms with Crippen molar-refractivity contribution in [1.29, 1.82) is 0 Å². The van der Waals surface area contributed by atoms with E-state index in [0.29, 0.717) is 24.9 Å². The second kappa shape index (κ2) is 9.43. The molecule has 0 radical (unpaired) electrons. The molecular formula is C25H35N5O3. The summed E-state index contributed by atoms with van der Waals surface area (Å²) < 4.78 is 1.80. The molecule has 2 saturated heterocycles. The first-order valence-electron chi connectivity index (χ1n) is 12.5. The van der Waals surface area contributed by atoms with Gasteiger partial charge in [-0.15, -0.1) is 0 Å². The van der Waals surface area contributed by atoms with Gasteiger partial charge in [-0.1, -0.05) is 0 Å². The Morgan fingerprint density at radius 2 is 1.94 bits per heavy atom. The van der Waals surface area contributed by atoms with Crippen molar-refractivity contribution in [2.24, 2.45) is 11.8 Å². The smallest absolute Gasteiger partial charge is 0.328 e. The second-order valence-electron chi connectivity index (χ2n) is 10.3. The van der Waals surface area contributed by atoms with Gasteiger partial charge in [0.25, 0.3) is 0 Å². The van der Waals surface area contributed by atoms with Crippen LogP contribution in [-0.2, 0) is 11.2 Å². The van der Waals surface area contributed by atoms with Crippen LogP contribution in [0.25, 0.3) is 5.52 Å². The van der Waals surface area contributed by atoms with E-state index in [4.69, 9.17) is 0 Å². The van der Waals surface area contributed by atoms with Crippen molar-refractivity contribution in [3.8, 4) is 0 Å². The first kappa shape index (κ1) is 22.3. The molecule has 3 amide bonds. The minimum absolute atomic E-state index is 0.0788. The van der Waals surface area contributed by atoms with Gasteiger partial charge in [-0.2, -0.15) is 5.10 Å². The van der Waals surface area contributed by atoms with E-state index in [9.17, 15) is 14.7 Å². The van der Waals surface area contributed by atoms with Crippen LogP contribution in [0.4, 0.5) is 10.5 Å². The van der Waals surface area contributed by atoms with Crippen LogP contribution >= 0.6 is 0 Å². The molecule has 2 atom stereocenters. The Bertz CT molecular complexity index is 1010. The summed E-state index contributed by atoms with van der Waals surface area (Å²) >= 11 is 0. The monoisotopic (exact) mass is 453 g/mol. The summed E-state index contributed by atoms with van der Waals surface area (Å²) in [5.41, 5.74) is 2.93. The van der Waals surface area contributed by atoms with Crippen LogP contribution in [0.1, 0.15) is 57.4 Å². The molecule has 0 spiro atoms. The van der Waals surface area contributed by atoms with Gasteiger partial charge in [0.15, 0.2) is 0 Å². The van der Waals surface area contributed by atoms with Gasteiger partial charge in [-0.3, -0.25) is 15.0 Å². The molecule has 1 saturated carbocycles. The number of urea groups is 1. The molecule has 2 aromatic rings. The number of nitrogens with one attached hydrogen (secondary N) is 1. The molecule has 2 aliphatic heterocycles. The minimum atomic E-state index is -0.375. The number of aliphatic hydroxyl groups is 1. The number of amides is 3. The summed E-state index contributed by atoms with van der Waals surface area (Å²) in [5.74, 6) is 1.15. The van der Waals surface area contributed by atoms with Gasteiger partial charge in [0.1, 0.15) is 0 Å². The van der Waals surface area contributed by atoms with Crippen molar-refractivity contribution >= 4 is 23.1 Å². The number of rotatable bonds is 5. The summed E-state index contributed by atoms with van der Waals surface area (Å²) in [6.07, 6.45) is 11.6. The van der Waals surface area contributed by atoms with E-state index < -0.39 is 0 Å². The average molecular weight is 454 g/mol. The Morgan fingerprint density at radius 3 is 2.70 bits per heavy atom. The maximum atomic E-state index is 12.3. The number of piperidine rings is 1. The quantitative estimate of drug-likeness (QED) is 0.727. The van der Waals surface area contributed by atoms with Crippen LogP contribution in [0.15, 0.2) is 24.5 Å². The number of carbonyl (C=O) groups excluding carboxylic acids is 2. The number of hydrogen-bond acceptors (Lipinski definition) is 5. The highest BCUT2D eigenvalue weighted by Crippen LogP contribution is 2.31. The largest absolute Gasteiger partial charge is 0.393 e. The average Bonchev–Trinajstić information content (AvgIpc) is 3.20. The van der Waals surface area contributed by atoms with Crippen molar-refractivity contribution in [1.82, 2.24) is 19.8 Å². The highest BCUT2D eigenvalue weighted by molar-refractivity contribution is 6.07. The summed E-state index contributed by atoms with van der Waals surface area (Å²) in [6, 6.07) is 4.49. The summed E-state index contributed by atoms with van der Waals surface area (Å²) in [4.78, 5) is 28.1. The van der Waals surface area contributed by atoms with Gasteiger partial charge in [0.2, 0.25) is 5.91 Å². The number of pyridine rings is 1. The van der Waals surface area contributed by atoms with Crippen LogP contribution in [0.5, 0.6) is 0 Å². The molecule has 178 valence electrons. The minimum Gasteiger partial charge on any atom is -0.393 e. The molecule has 8 heteroatoms. The zero-order valence-electron chi connectivity index (χ0n) is 19.4. The van der Waals surface area contributed by atoms with Crippen LogP contribution in [0.2, 0.25) is 0 Å². The molecule has 1 unspecified atom stereocenters. The third kappa shape index (κ3) is 4.92. The van der Waals surface area contributed by atoms with Crippen LogP contribution in [0.3, 0.4) is 0 Å². The zero-order valence-corrected chi connectivity index (χ0v) is 19.4. The van der Waals surface area contributed by atoms with E-state index in [0.717, 1.165) is 55.8 Å². The Labute approximate surface area is 194 Å². The summed E-state index contributed by atoms with van der Waals surface area (Å²) in [5, 5.41) is 16.6. The van der Waals surface area contributed by atoms with E-state index in [2.05, 4.69) is 34.4 Å². The highest BCUT2D eigenvalue weighted by atomic mass is 16.3. The fraction of sp³-hybridized carbons (Fsp3) is 0.640. The molecule has 2 aromatic heterocycles. The van der Waals surface area contributed by atoms with Crippen molar-refractivity contribution in [2.45, 2.75) is 70.4 Å². The van der Waals surface area contributed by atoms with Gasteiger partial charge in [-0.05, 0) is 87.9 Å². The SMILES string of the molecule is C[C@H]1CC(Cc2ccn3ncc(N4CCC(=O)NC4=O)c3c2)CCN1C[C@H]1CC[C@H](O)CC1. The Kier molecular flexibility index (Phi) is 6.38. The van der Waals surface area contributed by atoms with Crippen molar-refractivity contribution in [3.05, 3.63) is 30.1 Å². The Morgan fingerprint density at radius 1 is 1.12 bits per heavy atom. The Hall–Kier alpha value is -2.45. The molecule has 1 aliphatic carbocycles. The van der Waals surface area contributed by atoms with Gasteiger partial charge >= 0.3 is 6.03 Å². The standard InChI is InChI=1S/C25H35N5O3/c1-17-12-19(6-9-28(17)16-18-2-4-21(31)5-3-18)13-20-7-11-30-22(14-20)23(15-26-30)29-10-8-24(32)27-25(29)33/h7,11,14-15,17-19,21,31H,2-6,8-10,12-13,16H2,1H3,(H,27,32,33)/t17-,18-,19?,21-/m0/s1. The molecule has 0 aromatic carbocycles. The number of carbonyl (C=O) groups is 2. The number of aliphatic hydroxyl groups excluding tert-OH is 1. The molecule has 4 heterocycles. The van der Waals surface area contributed by atoms with Gasteiger partial charge < -0.3 is 10.0 Å². The lowest BCUT2D eigenvalue weighted by Crippen LogP contribution is -2.49. The number of hydrogen-bond donors (Lipinski definition) is 2. The summed E-state index contributed by atoms with van der Waals surface area (Å²) in [6.45, 7) is 5.06. The first-order chi connectivity index (χ1) is 16.0. The van der Waals surface area contributed by atoms with Crippen LogP contribution in [0, 0.1) is 11.8 Å². The van der Waals surface area contributed by atoms with Crippen molar-refractivity contribution < 1.29 is 14.7 Å². The van der Waals surface area contributed by atoms with E-state index in [-0.39, 0.29) is 18.0 Å². The van der Waals surface area contributed by atoms with Crippen LogP contribution in [-0.4, -0.2) is 63.3 Å². The van der Waals surface area contributed by atoms with Crippen molar-refractivity contribution in [3.63, 3.8) is 0 Å². The fourth-order valence-corrected chi connectivity index (χ4v) is 5.91. The zero-order chi connectivity index (χ0) is 22.9. The lowest BCUT2D eigenvalue weighted by Gasteiger charge is -2.40. The molecule has 33 heavy (non-hydrogen) atoms. The molecule has 3 fully saturated rings. The molecular weight excluding hydrogens is 418 g/mol. The molecule has 3 aliphatic rings. The lowest BCUT2D eigenvalue weighted by atomic mass is 9.83. The number of aromatic nitrogens is 2. The molecule has 2 N–H and O–H groups in total. The lowest BCUT2D eigenvalue weighted by molar-refractivity contribution is -0.120.